The highest BCUT2D eigenvalue weighted by molar-refractivity contribution is 6.39. The van der Waals surface area contributed by atoms with Crippen LogP contribution in [0.4, 0.5) is 0 Å². The normalized spacial score (nSPS) is 21.7. The number of aryl methyl sites for hydroxylation is 1. The molecular weight excluding hydrogens is 282 g/mol. The maximum atomic E-state index is 12.8. The van der Waals surface area contributed by atoms with E-state index in [2.05, 4.69) is 27.0 Å². The number of rotatable bonds is 3. The number of hydrogen-bond donors (Lipinski definition) is 1. The second-order valence-electron chi connectivity index (χ2n) is 5.73. The molecule has 1 aromatic heterocycles. The zero-order chi connectivity index (χ0) is 15.5. The Hall–Kier alpha value is -2.18. The SMILES string of the molecule is CCCC1c2nccn2CCCN1C(=O)C1=NNC(=O)CC1. The highest BCUT2D eigenvalue weighted by atomic mass is 16.2. The van der Waals surface area contributed by atoms with Crippen LogP contribution in [-0.4, -0.2) is 38.5 Å². The van der Waals surface area contributed by atoms with E-state index in [4.69, 9.17) is 0 Å². The van der Waals surface area contributed by atoms with Crippen molar-refractivity contribution in [2.45, 2.75) is 51.6 Å². The van der Waals surface area contributed by atoms with E-state index in [1.807, 2.05) is 11.1 Å². The monoisotopic (exact) mass is 303 g/mol. The van der Waals surface area contributed by atoms with Crippen molar-refractivity contribution in [3.63, 3.8) is 0 Å². The largest absolute Gasteiger partial charge is 0.333 e. The van der Waals surface area contributed by atoms with Crippen molar-refractivity contribution in [3.8, 4) is 0 Å². The topological polar surface area (TPSA) is 79.6 Å². The van der Waals surface area contributed by atoms with Gasteiger partial charge in [-0.15, -0.1) is 0 Å². The third-order valence-corrected chi connectivity index (χ3v) is 4.19. The van der Waals surface area contributed by atoms with Gasteiger partial charge in [-0.25, -0.2) is 10.4 Å². The van der Waals surface area contributed by atoms with E-state index >= 15 is 0 Å². The van der Waals surface area contributed by atoms with Crippen LogP contribution in [0.25, 0.3) is 0 Å². The first-order chi connectivity index (χ1) is 10.7. The van der Waals surface area contributed by atoms with Crippen molar-refractivity contribution in [3.05, 3.63) is 18.2 Å². The van der Waals surface area contributed by atoms with Gasteiger partial charge in [0.2, 0.25) is 5.91 Å². The minimum Gasteiger partial charge on any atom is -0.333 e. The minimum atomic E-state index is -0.131. The number of imidazole rings is 1. The lowest BCUT2D eigenvalue weighted by atomic mass is 10.1. The first-order valence-corrected chi connectivity index (χ1v) is 7.88. The molecule has 0 aromatic carbocycles. The Kier molecular flexibility index (Phi) is 4.22. The van der Waals surface area contributed by atoms with E-state index < -0.39 is 0 Å². The molecular formula is C15H21N5O2. The van der Waals surface area contributed by atoms with Crippen LogP contribution in [0.5, 0.6) is 0 Å². The van der Waals surface area contributed by atoms with E-state index in [-0.39, 0.29) is 17.9 Å². The summed E-state index contributed by atoms with van der Waals surface area (Å²) in [6.07, 6.45) is 7.26. The van der Waals surface area contributed by atoms with Crippen LogP contribution in [0.1, 0.15) is 50.9 Å². The summed E-state index contributed by atoms with van der Waals surface area (Å²) in [5.41, 5.74) is 2.85. The summed E-state index contributed by atoms with van der Waals surface area (Å²) in [4.78, 5) is 30.4. The molecule has 7 nitrogen and oxygen atoms in total. The van der Waals surface area contributed by atoms with Crippen molar-refractivity contribution in [1.29, 1.82) is 0 Å². The maximum Gasteiger partial charge on any atom is 0.270 e. The molecule has 0 radical (unpaired) electrons. The zero-order valence-electron chi connectivity index (χ0n) is 12.8. The fourth-order valence-electron chi connectivity index (χ4n) is 3.11. The van der Waals surface area contributed by atoms with Crippen molar-refractivity contribution in [2.75, 3.05) is 6.54 Å². The van der Waals surface area contributed by atoms with Gasteiger partial charge in [-0.1, -0.05) is 13.3 Å². The third kappa shape index (κ3) is 2.75. The van der Waals surface area contributed by atoms with E-state index in [0.717, 1.165) is 31.6 Å². The molecule has 2 aliphatic rings. The zero-order valence-corrected chi connectivity index (χ0v) is 12.8. The number of hydrazone groups is 1. The van der Waals surface area contributed by atoms with E-state index in [0.29, 0.717) is 25.1 Å². The Morgan fingerprint density at radius 1 is 1.41 bits per heavy atom. The third-order valence-electron chi connectivity index (χ3n) is 4.19. The predicted octanol–water partition coefficient (Wildman–Crippen LogP) is 1.22. The lowest BCUT2D eigenvalue weighted by Gasteiger charge is -2.30. The smallest absolute Gasteiger partial charge is 0.270 e. The molecule has 2 aliphatic heterocycles. The molecule has 0 saturated heterocycles. The molecule has 1 unspecified atom stereocenters. The number of amides is 2. The van der Waals surface area contributed by atoms with Gasteiger partial charge >= 0.3 is 0 Å². The van der Waals surface area contributed by atoms with Crippen LogP contribution in [-0.2, 0) is 16.1 Å². The van der Waals surface area contributed by atoms with Crippen LogP contribution in [0.2, 0.25) is 0 Å². The molecule has 3 heterocycles. The summed E-state index contributed by atoms with van der Waals surface area (Å²) in [6, 6.07) is -0.0182. The molecule has 0 saturated carbocycles. The average Bonchev–Trinajstić information content (AvgIpc) is 2.92. The van der Waals surface area contributed by atoms with Gasteiger partial charge in [0.15, 0.2) is 0 Å². The van der Waals surface area contributed by atoms with Gasteiger partial charge in [-0.2, -0.15) is 5.10 Å². The number of carbonyl (C=O) groups excluding carboxylic acids is 2. The Labute approximate surface area is 129 Å². The molecule has 0 fully saturated rings. The van der Waals surface area contributed by atoms with Crippen LogP contribution >= 0.6 is 0 Å². The number of nitrogens with one attached hydrogen (secondary N) is 1. The molecule has 1 aromatic rings. The maximum absolute atomic E-state index is 12.8. The summed E-state index contributed by atoms with van der Waals surface area (Å²) < 4.78 is 2.14. The van der Waals surface area contributed by atoms with E-state index in [1.54, 1.807) is 6.20 Å². The number of aromatic nitrogens is 2. The van der Waals surface area contributed by atoms with Crippen molar-refractivity contribution >= 4 is 17.5 Å². The van der Waals surface area contributed by atoms with Crippen LogP contribution in [0.15, 0.2) is 17.5 Å². The van der Waals surface area contributed by atoms with E-state index in [1.165, 1.54) is 0 Å². The molecule has 0 aliphatic carbocycles. The molecule has 0 spiro atoms. The summed E-state index contributed by atoms with van der Waals surface area (Å²) in [5.74, 6) is 0.746. The van der Waals surface area contributed by atoms with Gasteiger partial charge in [0, 0.05) is 38.3 Å². The lowest BCUT2D eigenvalue weighted by Crippen LogP contribution is -2.42. The lowest BCUT2D eigenvalue weighted by molar-refractivity contribution is -0.127. The molecule has 7 heteroatoms. The Bertz CT molecular complexity index is 607. The van der Waals surface area contributed by atoms with Gasteiger partial charge in [-0.05, 0) is 12.8 Å². The van der Waals surface area contributed by atoms with Gasteiger partial charge in [0.25, 0.3) is 5.91 Å². The Balaban J connectivity index is 1.87. The first kappa shape index (κ1) is 14.7. The second-order valence-corrected chi connectivity index (χ2v) is 5.73. The Morgan fingerprint density at radius 2 is 2.27 bits per heavy atom. The second kappa shape index (κ2) is 6.29. The fraction of sp³-hybridized carbons (Fsp3) is 0.600. The van der Waals surface area contributed by atoms with Crippen molar-refractivity contribution in [2.24, 2.45) is 5.10 Å². The van der Waals surface area contributed by atoms with Crippen LogP contribution in [0.3, 0.4) is 0 Å². The summed E-state index contributed by atoms with van der Waals surface area (Å²) in [6.45, 7) is 3.68. The molecule has 0 bridgehead atoms. The van der Waals surface area contributed by atoms with Crippen LogP contribution in [0, 0.1) is 0 Å². The summed E-state index contributed by atoms with van der Waals surface area (Å²) >= 11 is 0. The molecule has 22 heavy (non-hydrogen) atoms. The molecule has 2 amide bonds. The van der Waals surface area contributed by atoms with Gasteiger partial charge in [0.1, 0.15) is 11.5 Å². The molecule has 118 valence electrons. The number of carbonyl (C=O) groups is 2. The number of fused-ring (bicyclic) bond motifs is 1. The van der Waals surface area contributed by atoms with Gasteiger partial charge in [-0.3, -0.25) is 9.59 Å². The minimum absolute atomic E-state index is 0.0182. The summed E-state index contributed by atoms with van der Waals surface area (Å²) in [7, 11) is 0. The first-order valence-electron chi connectivity index (χ1n) is 7.88. The van der Waals surface area contributed by atoms with Crippen LogP contribution < -0.4 is 5.43 Å². The Morgan fingerprint density at radius 3 is 3.00 bits per heavy atom. The highest BCUT2D eigenvalue weighted by Gasteiger charge is 2.33. The predicted molar refractivity (Wildman–Crippen MR) is 81.0 cm³/mol. The summed E-state index contributed by atoms with van der Waals surface area (Å²) in [5, 5.41) is 3.95. The molecule has 1 atom stereocenters. The van der Waals surface area contributed by atoms with Crippen molar-refractivity contribution in [1.82, 2.24) is 19.9 Å². The van der Waals surface area contributed by atoms with Gasteiger partial charge < -0.3 is 9.47 Å². The van der Waals surface area contributed by atoms with Gasteiger partial charge in [0.05, 0.1) is 6.04 Å². The molecule has 1 N–H and O–H groups in total. The molecule has 3 rings (SSSR count). The quantitative estimate of drug-likeness (QED) is 0.912. The fourth-order valence-corrected chi connectivity index (χ4v) is 3.11. The van der Waals surface area contributed by atoms with E-state index in [9.17, 15) is 9.59 Å². The van der Waals surface area contributed by atoms with Crippen molar-refractivity contribution < 1.29 is 9.59 Å². The average molecular weight is 303 g/mol. The highest BCUT2D eigenvalue weighted by Crippen LogP contribution is 2.28. The number of nitrogens with zero attached hydrogens (tertiary/aromatic N) is 4. The standard InChI is InChI=1S/C15H21N5O2/c1-2-4-12-14-16-7-10-19(14)8-3-9-20(12)15(22)11-5-6-13(21)18-17-11/h7,10,12H,2-6,8-9H2,1H3,(H,18,21). The number of hydrogen-bond acceptors (Lipinski definition) is 4.